The molecule has 0 atom stereocenters. The van der Waals surface area contributed by atoms with E-state index in [4.69, 9.17) is 0 Å². The Labute approximate surface area is 102 Å². The SMILES string of the molecule is CC(C)C(=O)CCc1ccc2ccccc2c1. The highest BCUT2D eigenvalue weighted by Crippen LogP contribution is 2.17. The highest BCUT2D eigenvalue weighted by atomic mass is 16.1. The molecule has 88 valence electrons. The van der Waals surface area contributed by atoms with Crippen LogP contribution in [0.1, 0.15) is 25.8 Å². The summed E-state index contributed by atoms with van der Waals surface area (Å²) in [6, 6.07) is 14.8. The van der Waals surface area contributed by atoms with Crippen LogP contribution in [0.15, 0.2) is 42.5 Å². The van der Waals surface area contributed by atoms with Gasteiger partial charge in [0, 0.05) is 12.3 Å². The lowest BCUT2D eigenvalue weighted by molar-refractivity contribution is -0.121. The lowest BCUT2D eigenvalue weighted by Gasteiger charge is -2.05. The van der Waals surface area contributed by atoms with Gasteiger partial charge in [-0.3, -0.25) is 4.79 Å². The zero-order valence-electron chi connectivity index (χ0n) is 10.4. The van der Waals surface area contributed by atoms with Gasteiger partial charge in [0.25, 0.3) is 0 Å². The van der Waals surface area contributed by atoms with Crippen molar-refractivity contribution in [1.29, 1.82) is 0 Å². The fraction of sp³-hybridized carbons (Fsp3) is 0.312. The maximum atomic E-state index is 11.6. The van der Waals surface area contributed by atoms with Gasteiger partial charge in [0.15, 0.2) is 0 Å². The average molecular weight is 226 g/mol. The van der Waals surface area contributed by atoms with Crippen molar-refractivity contribution in [2.24, 2.45) is 5.92 Å². The van der Waals surface area contributed by atoms with Crippen LogP contribution in [0.2, 0.25) is 0 Å². The Morgan fingerprint density at radius 1 is 1.06 bits per heavy atom. The van der Waals surface area contributed by atoms with E-state index in [1.54, 1.807) is 0 Å². The summed E-state index contributed by atoms with van der Waals surface area (Å²) in [5.74, 6) is 0.494. The van der Waals surface area contributed by atoms with Crippen molar-refractivity contribution >= 4 is 16.6 Å². The van der Waals surface area contributed by atoms with Gasteiger partial charge in [-0.2, -0.15) is 0 Å². The van der Waals surface area contributed by atoms with Crippen LogP contribution in [0.5, 0.6) is 0 Å². The van der Waals surface area contributed by atoms with Gasteiger partial charge >= 0.3 is 0 Å². The summed E-state index contributed by atoms with van der Waals surface area (Å²) in [5.41, 5.74) is 1.25. The fourth-order valence-corrected chi connectivity index (χ4v) is 1.95. The molecule has 0 radical (unpaired) electrons. The van der Waals surface area contributed by atoms with Crippen molar-refractivity contribution in [2.75, 3.05) is 0 Å². The van der Waals surface area contributed by atoms with E-state index in [0.717, 1.165) is 6.42 Å². The lowest BCUT2D eigenvalue weighted by Crippen LogP contribution is -2.07. The monoisotopic (exact) mass is 226 g/mol. The molecule has 17 heavy (non-hydrogen) atoms. The number of benzene rings is 2. The molecule has 1 nitrogen and oxygen atoms in total. The summed E-state index contributed by atoms with van der Waals surface area (Å²) in [6.07, 6.45) is 1.50. The van der Waals surface area contributed by atoms with Crippen LogP contribution < -0.4 is 0 Å². The molecular weight excluding hydrogens is 208 g/mol. The Kier molecular flexibility index (Phi) is 3.58. The molecule has 0 N–H and O–H groups in total. The highest BCUT2D eigenvalue weighted by molar-refractivity contribution is 5.83. The van der Waals surface area contributed by atoms with E-state index in [1.165, 1.54) is 16.3 Å². The highest BCUT2D eigenvalue weighted by Gasteiger charge is 2.07. The average Bonchev–Trinajstić information content (AvgIpc) is 2.35. The molecule has 0 aliphatic rings. The Bertz CT molecular complexity index is 526. The van der Waals surface area contributed by atoms with Gasteiger partial charge in [-0.25, -0.2) is 0 Å². The minimum atomic E-state index is 0.149. The maximum absolute atomic E-state index is 11.6. The van der Waals surface area contributed by atoms with Gasteiger partial charge in [0.2, 0.25) is 0 Å². The Morgan fingerprint density at radius 2 is 1.76 bits per heavy atom. The molecule has 2 aromatic carbocycles. The van der Waals surface area contributed by atoms with Gasteiger partial charge in [-0.05, 0) is 22.8 Å². The third-order valence-corrected chi connectivity index (χ3v) is 3.12. The quantitative estimate of drug-likeness (QED) is 0.770. The summed E-state index contributed by atoms with van der Waals surface area (Å²) in [5, 5.41) is 2.51. The van der Waals surface area contributed by atoms with E-state index in [9.17, 15) is 4.79 Å². The van der Waals surface area contributed by atoms with Crippen molar-refractivity contribution in [3.8, 4) is 0 Å². The number of hydrogen-bond donors (Lipinski definition) is 0. The summed E-state index contributed by atoms with van der Waals surface area (Å²) in [6.45, 7) is 3.92. The van der Waals surface area contributed by atoms with Gasteiger partial charge in [0.1, 0.15) is 5.78 Å². The summed E-state index contributed by atoms with van der Waals surface area (Å²) in [4.78, 5) is 11.6. The number of hydrogen-bond acceptors (Lipinski definition) is 1. The number of aryl methyl sites for hydroxylation is 1. The molecule has 0 bridgehead atoms. The second-order valence-corrected chi connectivity index (χ2v) is 4.80. The Hall–Kier alpha value is -1.63. The van der Waals surface area contributed by atoms with Crippen LogP contribution in [0.3, 0.4) is 0 Å². The molecule has 0 amide bonds. The molecule has 0 aromatic heterocycles. The zero-order chi connectivity index (χ0) is 12.3. The van der Waals surface area contributed by atoms with Crippen LogP contribution >= 0.6 is 0 Å². The fourth-order valence-electron chi connectivity index (χ4n) is 1.95. The first-order valence-corrected chi connectivity index (χ1v) is 6.17. The summed E-state index contributed by atoms with van der Waals surface area (Å²) < 4.78 is 0. The van der Waals surface area contributed by atoms with Crippen molar-refractivity contribution in [2.45, 2.75) is 26.7 Å². The van der Waals surface area contributed by atoms with Crippen LogP contribution in [0.4, 0.5) is 0 Å². The van der Waals surface area contributed by atoms with Gasteiger partial charge < -0.3 is 0 Å². The van der Waals surface area contributed by atoms with Crippen molar-refractivity contribution < 1.29 is 4.79 Å². The number of carbonyl (C=O) groups is 1. The van der Waals surface area contributed by atoms with Gasteiger partial charge in [-0.1, -0.05) is 56.3 Å². The third-order valence-electron chi connectivity index (χ3n) is 3.12. The Balaban J connectivity index is 2.12. The molecule has 0 spiro atoms. The number of carbonyl (C=O) groups excluding carboxylic acids is 1. The minimum absolute atomic E-state index is 0.149. The molecule has 2 rings (SSSR count). The molecule has 0 aliphatic heterocycles. The first-order chi connectivity index (χ1) is 8.16. The Morgan fingerprint density at radius 3 is 2.47 bits per heavy atom. The number of ketones is 1. The second kappa shape index (κ2) is 5.13. The maximum Gasteiger partial charge on any atom is 0.135 e. The lowest BCUT2D eigenvalue weighted by atomic mass is 9.99. The summed E-state index contributed by atoms with van der Waals surface area (Å²) >= 11 is 0. The number of Topliss-reactive ketones (excluding diaryl/α,β-unsaturated/α-hetero) is 1. The van der Waals surface area contributed by atoms with E-state index in [2.05, 4.69) is 30.3 Å². The predicted molar refractivity (Wildman–Crippen MR) is 72.1 cm³/mol. The van der Waals surface area contributed by atoms with Crippen LogP contribution in [-0.2, 0) is 11.2 Å². The van der Waals surface area contributed by atoms with Crippen LogP contribution in [0, 0.1) is 5.92 Å². The van der Waals surface area contributed by atoms with E-state index in [0.29, 0.717) is 12.2 Å². The van der Waals surface area contributed by atoms with Crippen molar-refractivity contribution in [1.82, 2.24) is 0 Å². The van der Waals surface area contributed by atoms with Gasteiger partial charge in [0.05, 0.1) is 0 Å². The van der Waals surface area contributed by atoms with Crippen LogP contribution in [0.25, 0.3) is 10.8 Å². The molecule has 0 saturated heterocycles. The van der Waals surface area contributed by atoms with Crippen LogP contribution in [-0.4, -0.2) is 5.78 Å². The second-order valence-electron chi connectivity index (χ2n) is 4.80. The minimum Gasteiger partial charge on any atom is -0.299 e. The van der Waals surface area contributed by atoms with Crippen molar-refractivity contribution in [3.05, 3.63) is 48.0 Å². The smallest absolute Gasteiger partial charge is 0.135 e. The molecule has 1 heteroatoms. The third kappa shape index (κ3) is 2.94. The topological polar surface area (TPSA) is 17.1 Å². The molecule has 2 aromatic rings. The van der Waals surface area contributed by atoms with Gasteiger partial charge in [-0.15, -0.1) is 0 Å². The molecule has 0 unspecified atom stereocenters. The van der Waals surface area contributed by atoms with E-state index < -0.39 is 0 Å². The van der Waals surface area contributed by atoms with E-state index in [-0.39, 0.29) is 5.92 Å². The predicted octanol–water partition coefficient (Wildman–Crippen LogP) is 4.00. The zero-order valence-corrected chi connectivity index (χ0v) is 10.4. The first-order valence-electron chi connectivity index (χ1n) is 6.17. The molecular formula is C16H18O. The first kappa shape index (κ1) is 11.8. The molecule has 0 aliphatic carbocycles. The van der Waals surface area contributed by atoms with E-state index >= 15 is 0 Å². The normalized spacial score (nSPS) is 11.0. The van der Waals surface area contributed by atoms with Crippen molar-refractivity contribution in [3.63, 3.8) is 0 Å². The molecule has 0 fully saturated rings. The number of fused-ring (bicyclic) bond motifs is 1. The largest absolute Gasteiger partial charge is 0.299 e. The summed E-state index contributed by atoms with van der Waals surface area (Å²) in [7, 11) is 0. The number of rotatable bonds is 4. The standard InChI is InChI=1S/C16H18O/c1-12(2)16(17)10-8-13-7-9-14-5-3-4-6-15(14)11-13/h3-7,9,11-12H,8,10H2,1-2H3. The molecule has 0 heterocycles. The van der Waals surface area contributed by atoms with E-state index in [1.807, 2.05) is 26.0 Å². The molecule has 0 saturated carbocycles.